The molecule has 0 unspecified atom stereocenters. The molecular weight excluding hydrogens is 490 g/mol. The highest BCUT2D eigenvalue weighted by atomic mass is 32.2. The predicted molar refractivity (Wildman–Crippen MR) is 134 cm³/mol. The lowest BCUT2D eigenvalue weighted by atomic mass is 10.1. The van der Waals surface area contributed by atoms with E-state index in [0.717, 1.165) is 35.9 Å². The quantitative estimate of drug-likeness (QED) is 0.470. The summed E-state index contributed by atoms with van der Waals surface area (Å²) in [6, 6.07) is 6.77. The van der Waals surface area contributed by atoms with Crippen molar-refractivity contribution in [3.63, 3.8) is 0 Å². The average Bonchev–Trinajstić information content (AvgIpc) is 3.44. The van der Waals surface area contributed by atoms with E-state index in [1.54, 1.807) is 19.4 Å². The first-order valence-electron chi connectivity index (χ1n) is 11.1. The minimum Gasteiger partial charge on any atom is -0.383 e. The van der Waals surface area contributed by atoms with Gasteiger partial charge in [0.2, 0.25) is 5.91 Å². The van der Waals surface area contributed by atoms with Crippen molar-refractivity contribution in [3.8, 4) is 11.1 Å². The number of amides is 3. The molecule has 10 nitrogen and oxygen atoms in total. The third-order valence-electron chi connectivity index (χ3n) is 5.76. The van der Waals surface area contributed by atoms with Crippen LogP contribution in [0.25, 0.3) is 21.3 Å². The maximum Gasteiger partial charge on any atom is 0.321 e. The molecule has 2 N–H and O–H groups in total. The first-order chi connectivity index (χ1) is 16.7. The molecule has 12 heteroatoms. The van der Waals surface area contributed by atoms with Gasteiger partial charge in [-0.2, -0.15) is 0 Å². The molecule has 1 atom stereocenters. The zero-order chi connectivity index (χ0) is 25.0. The Labute approximate surface area is 207 Å². The SMILES string of the molecule is COC[C@H]1CCCN1C(=O)CCNC(=O)Nc1nc2ccc(-c3cncc(S(C)(=O)=O)c3)cc2s1. The van der Waals surface area contributed by atoms with Gasteiger partial charge in [0.25, 0.3) is 0 Å². The molecule has 1 aliphatic heterocycles. The number of likely N-dealkylation sites (tertiary alicyclic amines) is 1. The van der Waals surface area contributed by atoms with Crippen LogP contribution < -0.4 is 10.6 Å². The van der Waals surface area contributed by atoms with Crippen LogP contribution in [0.15, 0.2) is 41.6 Å². The van der Waals surface area contributed by atoms with E-state index >= 15 is 0 Å². The largest absolute Gasteiger partial charge is 0.383 e. The third-order valence-corrected chi connectivity index (χ3v) is 7.78. The number of carbonyl (C=O) groups is 2. The first-order valence-corrected chi connectivity index (χ1v) is 13.8. The zero-order valence-corrected chi connectivity index (χ0v) is 21.1. The number of fused-ring (bicyclic) bond motifs is 1. The van der Waals surface area contributed by atoms with Crippen molar-refractivity contribution in [2.45, 2.75) is 30.2 Å². The van der Waals surface area contributed by atoms with Gasteiger partial charge in [-0.25, -0.2) is 18.2 Å². The number of rotatable bonds is 8. The maximum absolute atomic E-state index is 12.5. The second kappa shape index (κ2) is 10.7. The molecule has 0 radical (unpaired) electrons. The highest BCUT2D eigenvalue weighted by Crippen LogP contribution is 2.31. The first kappa shape index (κ1) is 25.0. The molecule has 186 valence electrons. The lowest BCUT2D eigenvalue weighted by Crippen LogP contribution is -2.40. The predicted octanol–water partition coefficient (Wildman–Crippen LogP) is 2.91. The molecule has 35 heavy (non-hydrogen) atoms. The molecule has 4 rings (SSSR count). The summed E-state index contributed by atoms with van der Waals surface area (Å²) in [6.45, 7) is 1.47. The molecule has 0 bridgehead atoms. The van der Waals surface area contributed by atoms with Crippen molar-refractivity contribution < 1.29 is 22.7 Å². The molecule has 0 saturated carbocycles. The van der Waals surface area contributed by atoms with E-state index in [1.165, 1.54) is 17.5 Å². The topological polar surface area (TPSA) is 131 Å². The summed E-state index contributed by atoms with van der Waals surface area (Å²) in [6.07, 6.45) is 6.19. The van der Waals surface area contributed by atoms with Crippen LogP contribution in [0.2, 0.25) is 0 Å². The minimum absolute atomic E-state index is 0.00630. The number of carbonyl (C=O) groups excluding carboxylic acids is 2. The molecule has 1 aliphatic rings. The van der Waals surface area contributed by atoms with Gasteiger partial charge < -0.3 is 15.0 Å². The van der Waals surface area contributed by atoms with Crippen LogP contribution in [-0.4, -0.2) is 74.3 Å². The number of hydrogen-bond donors (Lipinski definition) is 2. The fourth-order valence-electron chi connectivity index (χ4n) is 4.03. The van der Waals surface area contributed by atoms with Gasteiger partial charge in [0.05, 0.1) is 27.8 Å². The van der Waals surface area contributed by atoms with Gasteiger partial charge in [-0.05, 0) is 36.6 Å². The summed E-state index contributed by atoms with van der Waals surface area (Å²) in [4.78, 5) is 35.2. The number of benzene rings is 1. The molecule has 3 aromatic rings. The molecule has 3 amide bonds. The van der Waals surface area contributed by atoms with Crippen LogP contribution in [0.5, 0.6) is 0 Å². The number of aromatic nitrogens is 2. The molecule has 3 heterocycles. The molecular formula is C23H27N5O5S2. The summed E-state index contributed by atoms with van der Waals surface area (Å²) in [5.74, 6) is 0.00630. The second-order valence-electron chi connectivity index (χ2n) is 8.35. The van der Waals surface area contributed by atoms with E-state index in [-0.39, 0.29) is 29.8 Å². The van der Waals surface area contributed by atoms with Gasteiger partial charge >= 0.3 is 6.03 Å². The molecule has 1 fully saturated rings. The second-order valence-corrected chi connectivity index (χ2v) is 11.4. The Morgan fingerprint density at radius 3 is 2.83 bits per heavy atom. The van der Waals surface area contributed by atoms with Crippen molar-refractivity contribution in [1.29, 1.82) is 0 Å². The zero-order valence-electron chi connectivity index (χ0n) is 19.5. The van der Waals surface area contributed by atoms with Gasteiger partial charge in [-0.1, -0.05) is 17.4 Å². The lowest BCUT2D eigenvalue weighted by molar-refractivity contribution is -0.132. The Bertz CT molecular complexity index is 1340. The van der Waals surface area contributed by atoms with Crippen molar-refractivity contribution in [2.75, 3.05) is 38.4 Å². The van der Waals surface area contributed by atoms with E-state index in [1.807, 2.05) is 23.1 Å². The monoisotopic (exact) mass is 517 g/mol. The van der Waals surface area contributed by atoms with Gasteiger partial charge in [0.15, 0.2) is 15.0 Å². The fourth-order valence-corrected chi connectivity index (χ4v) is 5.53. The van der Waals surface area contributed by atoms with Crippen LogP contribution in [0.1, 0.15) is 19.3 Å². The van der Waals surface area contributed by atoms with Gasteiger partial charge in [0.1, 0.15) is 0 Å². The number of thiazole rings is 1. The Kier molecular flexibility index (Phi) is 7.63. The number of nitrogens with one attached hydrogen (secondary N) is 2. The van der Waals surface area contributed by atoms with E-state index in [9.17, 15) is 18.0 Å². The maximum atomic E-state index is 12.5. The van der Waals surface area contributed by atoms with Crippen LogP contribution in [0.3, 0.4) is 0 Å². The molecule has 0 aliphatic carbocycles. The lowest BCUT2D eigenvalue weighted by Gasteiger charge is -2.24. The molecule has 1 aromatic carbocycles. The molecule has 0 spiro atoms. The summed E-state index contributed by atoms with van der Waals surface area (Å²) in [5, 5.41) is 5.84. The number of methoxy groups -OCH3 is 1. The summed E-state index contributed by atoms with van der Waals surface area (Å²) < 4.78 is 29.7. The number of anilines is 1. The number of urea groups is 1. The van der Waals surface area contributed by atoms with E-state index < -0.39 is 15.9 Å². The van der Waals surface area contributed by atoms with Gasteiger partial charge in [-0.15, -0.1) is 0 Å². The molecule has 1 saturated heterocycles. The Morgan fingerprint density at radius 1 is 1.23 bits per heavy atom. The van der Waals surface area contributed by atoms with Crippen molar-refractivity contribution >= 4 is 48.5 Å². The Hall–Kier alpha value is -3.09. The Balaban J connectivity index is 1.35. The van der Waals surface area contributed by atoms with Crippen molar-refractivity contribution in [3.05, 3.63) is 36.7 Å². The summed E-state index contributed by atoms with van der Waals surface area (Å²) in [5.41, 5.74) is 2.17. The molecule has 2 aromatic heterocycles. The Morgan fingerprint density at radius 2 is 2.06 bits per heavy atom. The number of nitrogens with zero attached hydrogens (tertiary/aromatic N) is 3. The normalized spacial score (nSPS) is 15.9. The van der Waals surface area contributed by atoms with E-state index in [2.05, 4.69) is 20.6 Å². The summed E-state index contributed by atoms with van der Waals surface area (Å²) >= 11 is 1.30. The van der Waals surface area contributed by atoms with Crippen molar-refractivity contribution in [2.24, 2.45) is 0 Å². The number of sulfone groups is 1. The van der Waals surface area contributed by atoms with Crippen LogP contribution in [0.4, 0.5) is 9.93 Å². The smallest absolute Gasteiger partial charge is 0.321 e. The third kappa shape index (κ3) is 6.13. The van der Waals surface area contributed by atoms with Gasteiger partial charge in [0, 0.05) is 50.8 Å². The standard InChI is InChI=1S/C23H27N5O5S2/c1-33-14-17-4-3-9-28(17)21(29)7-8-25-22(30)27-23-26-19-6-5-15(11-20(19)34-23)16-10-18(13-24-12-16)35(2,31)32/h5-6,10-13,17H,3-4,7-9,14H2,1-2H3,(H2,25,26,27,30)/t17-/m1/s1. The van der Waals surface area contributed by atoms with E-state index in [4.69, 9.17) is 4.74 Å². The van der Waals surface area contributed by atoms with E-state index in [0.29, 0.717) is 22.8 Å². The number of hydrogen-bond acceptors (Lipinski definition) is 8. The number of pyridine rings is 1. The highest BCUT2D eigenvalue weighted by molar-refractivity contribution is 7.90. The fraction of sp³-hybridized carbons (Fsp3) is 0.391. The van der Waals surface area contributed by atoms with Crippen molar-refractivity contribution in [1.82, 2.24) is 20.2 Å². The summed E-state index contributed by atoms with van der Waals surface area (Å²) in [7, 11) is -1.74. The minimum atomic E-state index is -3.36. The van der Waals surface area contributed by atoms with Crippen LogP contribution >= 0.6 is 11.3 Å². The average molecular weight is 518 g/mol. The van der Waals surface area contributed by atoms with Gasteiger partial charge in [-0.3, -0.25) is 15.1 Å². The van der Waals surface area contributed by atoms with Crippen LogP contribution in [0, 0.1) is 0 Å². The number of ether oxygens (including phenoxy) is 1. The highest BCUT2D eigenvalue weighted by Gasteiger charge is 2.28. The van der Waals surface area contributed by atoms with Crippen LogP contribution in [-0.2, 0) is 19.4 Å².